The van der Waals surface area contributed by atoms with Gasteiger partial charge in [0.1, 0.15) is 12.1 Å². The predicted molar refractivity (Wildman–Crippen MR) is 261 cm³/mol. The molecule has 4 aromatic carbocycles. The van der Waals surface area contributed by atoms with E-state index in [1.807, 2.05) is 45.0 Å². The summed E-state index contributed by atoms with van der Waals surface area (Å²) in [7, 11) is -6.68. The highest BCUT2D eigenvalue weighted by Crippen LogP contribution is 2.51. The molecule has 65 heavy (non-hydrogen) atoms. The molecule has 0 fully saturated rings. The Morgan fingerprint density at radius 2 is 1.43 bits per heavy atom. The Kier molecular flexibility index (Phi) is 14.1. The third-order valence-corrected chi connectivity index (χ3v) is 14.3. The van der Waals surface area contributed by atoms with Crippen LogP contribution < -0.4 is 11.1 Å². The number of hydrogen-bond donors (Lipinski definition) is 2. The molecule has 3 aliphatic rings. The predicted octanol–water partition coefficient (Wildman–Crippen LogP) is 10.6. The minimum Gasteiger partial charge on any atom is -0.748 e. The number of amides is 1. The molecule has 4 aromatic rings. The number of rotatable bonds is 14. The van der Waals surface area contributed by atoms with Crippen molar-refractivity contribution in [2.75, 3.05) is 36.5 Å². The van der Waals surface area contributed by atoms with Gasteiger partial charge in [0, 0.05) is 60.3 Å². The zero-order valence-electron chi connectivity index (χ0n) is 39.0. The van der Waals surface area contributed by atoms with Gasteiger partial charge >= 0.3 is 6.09 Å². The van der Waals surface area contributed by atoms with Gasteiger partial charge in [0.15, 0.2) is 5.71 Å². The van der Waals surface area contributed by atoms with E-state index in [4.69, 9.17) is 4.74 Å². The number of fused-ring (bicyclic) bond motifs is 6. The SMILES string of the molecule is CN(C(=O)OC(C)(C)C)C1=C(C=CC2=[N+](CCCCS(=O)(=O)O)c3ccc4ccccc4c3C2(C)C)CCC1=CC=C1N(CCCCS(=O)(=O)[O-])c2ccc3ccccc3c2C1(C)C.N. The molecule has 12 nitrogen and oxygen atoms in total. The molecule has 0 saturated carbocycles. The van der Waals surface area contributed by atoms with Gasteiger partial charge in [-0.2, -0.15) is 13.0 Å². The molecule has 7 rings (SSSR count). The summed E-state index contributed by atoms with van der Waals surface area (Å²) in [6.07, 6.45) is 10.9. The summed E-state index contributed by atoms with van der Waals surface area (Å²) in [5, 5.41) is 4.54. The smallest absolute Gasteiger partial charge is 0.414 e. The number of unbranched alkanes of at least 4 members (excludes halogenated alkanes) is 2. The van der Waals surface area contributed by atoms with Crippen LogP contribution in [-0.2, 0) is 35.8 Å². The Morgan fingerprint density at radius 1 is 0.815 bits per heavy atom. The van der Waals surface area contributed by atoms with E-state index in [1.54, 1.807) is 11.9 Å². The average Bonchev–Trinajstić information content (AvgIpc) is 3.78. The summed E-state index contributed by atoms with van der Waals surface area (Å²) < 4.78 is 75.4. The van der Waals surface area contributed by atoms with Crippen molar-refractivity contribution in [2.24, 2.45) is 0 Å². The van der Waals surface area contributed by atoms with Gasteiger partial charge in [-0.15, -0.1) is 0 Å². The first-order valence-electron chi connectivity index (χ1n) is 22.1. The van der Waals surface area contributed by atoms with Crippen molar-refractivity contribution in [1.82, 2.24) is 11.1 Å². The van der Waals surface area contributed by atoms with Crippen LogP contribution in [0.4, 0.5) is 16.2 Å². The molecule has 0 bridgehead atoms. The van der Waals surface area contributed by atoms with E-state index in [0.29, 0.717) is 45.2 Å². The first-order valence-corrected chi connectivity index (χ1v) is 25.3. The lowest BCUT2D eigenvalue weighted by atomic mass is 9.79. The largest absolute Gasteiger partial charge is 0.748 e. The van der Waals surface area contributed by atoms with Gasteiger partial charge in [-0.05, 0) is 123 Å². The van der Waals surface area contributed by atoms with Crippen LogP contribution in [-0.4, -0.2) is 84.5 Å². The Morgan fingerprint density at radius 3 is 2.06 bits per heavy atom. The maximum absolute atomic E-state index is 13.9. The molecule has 0 atom stereocenters. The van der Waals surface area contributed by atoms with Crippen molar-refractivity contribution in [3.63, 3.8) is 0 Å². The molecular formula is C51H64N4O8S2. The Labute approximate surface area is 385 Å². The number of anilines is 1. The summed E-state index contributed by atoms with van der Waals surface area (Å²) >= 11 is 0. The lowest BCUT2D eigenvalue weighted by molar-refractivity contribution is -0.438. The summed E-state index contributed by atoms with van der Waals surface area (Å²) in [6.45, 7) is 15.4. The van der Waals surface area contributed by atoms with Gasteiger partial charge < -0.3 is 20.3 Å². The van der Waals surface area contributed by atoms with E-state index < -0.39 is 48.5 Å². The third-order valence-electron chi connectivity index (χ3n) is 12.7. The quantitative estimate of drug-likeness (QED) is 0.0701. The van der Waals surface area contributed by atoms with Crippen molar-refractivity contribution < 1.29 is 40.0 Å². The van der Waals surface area contributed by atoms with E-state index in [-0.39, 0.29) is 18.3 Å². The van der Waals surface area contributed by atoms with Gasteiger partial charge in [-0.25, -0.2) is 13.2 Å². The lowest BCUT2D eigenvalue weighted by Gasteiger charge is -2.28. The molecule has 348 valence electrons. The second kappa shape index (κ2) is 18.6. The molecule has 0 unspecified atom stereocenters. The number of allylic oxidation sites excluding steroid dienone is 7. The molecule has 0 spiro atoms. The van der Waals surface area contributed by atoms with Crippen LogP contribution in [0.5, 0.6) is 0 Å². The Balaban J connectivity index is 0.00000700. The number of benzene rings is 4. The van der Waals surface area contributed by atoms with Crippen LogP contribution in [0.25, 0.3) is 21.5 Å². The van der Waals surface area contributed by atoms with E-state index >= 15 is 0 Å². The average molecular weight is 925 g/mol. The van der Waals surface area contributed by atoms with E-state index in [9.17, 15) is 30.7 Å². The van der Waals surface area contributed by atoms with Crippen molar-refractivity contribution in [2.45, 2.75) is 103 Å². The maximum Gasteiger partial charge on any atom is 0.414 e. The molecule has 2 aliphatic heterocycles. The monoisotopic (exact) mass is 924 g/mol. The van der Waals surface area contributed by atoms with E-state index in [2.05, 4.69) is 110 Å². The number of likely N-dealkylation sites (N-methyl/N-ethyl adjacent to an activating group) is 1. The Bertz CT molecular complexity index is 2900. The fourth-order valence-corrected chi connectivity index (χ4v) is 11.0. The second-order valence-corrected chi connectivity index (χ2v) is 22.3. The molecule has 1 aliphatic carbocycles. The number of ether oxygens (including phenoxy) is 1. The highest BCUT2D eigenvalue weighted by atomic mass is 32.2. The summed E-state index contributed by atoms with van der Waals surface area (Å²) in [5.41, 5.74) is 7.59. The fourth-order valence-electron chi connectivity index (χ4n) is 9.90. The van der Waals surface area contributed by atoms with Gasteiger partial charge in [0.25, 0.3) is 10.1 Å². The van der Waals surface area contributed by atoms with E-state index in [1.165, 1.54) is 11.1 Å². The molecule has 0 radical (unpaired) electrons. The topological polar surface area (TPSA) is 182 Å². The van der Waals surface area contributed by atoms with Gasteiger partial charge in [0.05, 0.1) is 27.0 Å². The van der Waals surface area contributed by atoms with Crippen molar-refractivity contribution in [1.29, 1.82) is 0 Å². The summed E-state index contributed by atoms with van der Waals surface area (Å²) in [6, 6.07) is 25.1. The summed E-state index contributed by atoms with van der Waals surface area (Å²) in [4.78, 5) is 17.8. The van der Waals surface area contributed by atoms with Crippen LogP contribution in [0.1, 0.15) is 98.1 Å². The zero-order chi connectivity index (χ0) is 46.4. The standard InChI is InChI=1S/C51H61N3O8S2.H3N/c1-49(2,3)62-48(55)52(8)47-37(25-29-43-50(4,5)45-39-19-11-9-17-35(39)23-27-41(45)53(43)31-13-15-33-63(56,57)58)21-22-38(47)26-30-44-51(6,7)46-40-20-12-10-18-36(40)24-28-42(46)54(44)32-14-16-34-64(59,60)61;/h9-12,17-20,23-30H,13-16,21-22,31-34H2,1-8H3,(H-,56,57,58,59,60,61);1H3. The third kappa shape index (κ3) is 10.5. The lowest BCUT2D eigenvalue weighted by Crippen LogP contribution is -2.34. The molecule has 1 amide bonds. The fraction of sp³-hybridized carbons (Fsp3) is 0.412. The normalized spacial score (nSPS) is 18.3. The molecule has 0 aromatic heterocycles. The number of nitrogens with zero attached hydrogens (tertiary/aromatic N) is 3. The van der Waals surface area contributed by atoms with Crippen molar-refractivity contribution in [3.05, 3.63) is 131 Å². The highest BCUT2D eigenvalue weighted by Gasteiger charge is 2.46. The first-order chi connectivity index (χ1) is 30.0. The van der Waals surface area contributed by atoms with Gasteiger partial charge in [-0.1, -0.05) is 80.6 Å². The number of carbonyl (C=O) groups is 1. The zero-order valence-corrected chi connectivity index (χ0v) is 40.6. The second-order valence-electron chi connectivity index (χ2n) is 19.3. The minimum atomic E-state index is -4.34. The molecule has 0 saturated heterocycles. The van der Waals surface area contributed by atoms with Gasteiger partial charge in [0.2, 0.25) is 5.69 Å². The molecule has 14 heteroatoms. The van der Waals surface area contributed by atoms with Crippen LogP contribution >= 0.6 is 0 Å². The van der Waals surface area contributed by atoms with Crippen LogP contribution in [0.2, 0.25) is 0 Å². The highest BCUT2D eigenvalue weighted by molar-refractivity contribution is 7.85. The van der Waals surface area contributed by atoms with E-state index in [0.717, 1.165) is 61.2 Å². The van der Waals surface area contributed by atoms with Crippen LogP contribution in [0, 0.1) is 0 Å². The minimum absolute atomic E-state index is 0. The Hall–Kier alpha value is -5.12. The summed E-state index contributed by atoms with van der Waals surface area (Å²) in [5.74, 6) is -0.716. The molecule has 2 heterocycles. The van der Waals surface area contributed by atoms with Gasteiger partial charge in [-0.3, -0.25) is 9.45 Å². The first kappa shape index (κ1) is 49.3. The molecular weight excluding hydrogens is 861 g/mol. The number of carbonyl (C=O) groups excluding carboxylic acids is 1. The van der Waals surface area contributed by atoms with Crippen molar-refractivity contribution in [3.8, 4) is 0 Å². The maximum atomic E-state index is 13.9. The molecule has 4 N–H and O–H groups in total. The van der Waals surface area contributed by atoms with Crippen LogP contribution in [0.15, 0.2) is 120 Å². The van der Waals surface area contributed by atoms with Crippen molar-refractivity contribution >= 4 is 65.0 Å². The number of hydrogen-bond acceptors (Lipinski definition) is 9. The van der Waals surface area contributed by atoms with Crippen LogP contribution in [0.3, 0.4) is 0 Å².